The van der Waals surface area contributed by atoms with E-state index in [2.05, 4.69) is 15.6 Å². The molecule has 1 aliphatic rings. The highest BCUT2D eigenvalue weighted by Gasteiger charge is 2.34. The van der Waals surface area contributed by atoms with Gasteiger partial charge in [0, 0.05) is 12.3 Å². The van der Waals surface area contributed by atoms with Crippen molar-refractivity contribution in [3.05, 3.63) is 29.3 Å². The number of amidine groups is 1. The number of aliphatic imine (C=N–C) groups is 1. The van der Waals surface area contributed by atoms with E-state index in [1.807, 2.05) is 0 Å². The van der Waals surface area contributed by atoms with Gasteiger partial charge in [-0.2, -0.15) is 18.2 Å². The first-order valence-corrected chi connectivity index (χ1v) is 6.79. The second-order valence-corrected chi connectivity index (χ2v) is 5.20. The van der Waals surface area contributed by atoms with Crippen molar-refractivity contribution >= 4 is 28.6 Å². The molecule has 2 rings (SSSR count). The van der Waals surface area contributed by atoms with Crippen LogP contribution >= 0.6 is 11.8 Å². The summed E-state index contributed by atoms with van der Waals surface area (Å²) in [4.78, 5) is 15.4. The van der Waals surface area contributed by atoms with Gasteiger partial charge in [-0.1, -0.05) is 23.9 Å². The van der Waals surface area contributed by atoms with Gasteiger partial charge in [0.2, 0.25) is 0 Å². The molecule has 20 heavy (non-hydrogen) atoms. The lowest BCUT2D eigenvalue weighted by Crippen LogP contribution is -2.19. The molecule has 0 unspecified atom stereocenters. The fraction of sp³-hybridized carbons (Fsp3) is 0.333. The predicted molar refractivity (Wildman–Crippen MR) is 73.1 cm³/mol. The number of nitrogens with zero attached hydrogens (tertiary/aromatic N) is 1. The van der Waals surface area contributed by atoms with Gasteiger partial charge in [-0.3, -0.25) is 0 Å². The van der Waals surface area contributed by atoms with Crippen LogP contribution in [-0.2, 0) is 6.18 Å². The van der Waals surface area contributed by atoms with Crippen molar-refractivity contribution in [2.24, 2.45) is 4.99 Å². The van der Waals surface area contributed by atoms with Crippen LogP contribution in [0.2, 0.25) is 0 Å². The Hall–Kier alpha value is -1.70. The molecule has 1 heterocycles. The molecule has 4 nitrogen and oxygen atoms in total. The average molecular weight is 303 g/mol. The zero-order valence-corrected chi connectivity index (χ0v) is 11.4. The summed E-state index contributed by atoms with van der Waals surface area (Å²) in [5.41, 5.74) is -0.796. The third-order valence-electron chi connectivity index (χ3n) is 2.63. The number of hydrogen-bond acceptors (Lipinski definition) is 2. The smallest absolute Gasteiger partial charge is 0.364 e. The topological polar surface area (TPSA) is 53.5 Å². The fourth-order valence-electron chi connectivity index (χ4n) is 1.73. The van der Waals surface area contributed by atoms with Gasteiger partial charge < -0.3 is 10.6 Å². The second kappa shape index (κ2) is 5.74. The molecular formula is C12H12F3N3OS. The van der Waals surface area contributed by atoms with Crippen LogP contribution in [0.3, 0.4) is 0 Å². The molecule has 0 aliphatic carbocycles. The number of urea groups is 1. The molecule has 1 aliphatic heterocycles. The van der Waals surface area contributed by atoms with Gasteiger partial charge in [0.25, 0.3) is 0 Å². The molecule has 2 N–H and O–H groups in total. The highest BCUT2D eigenvalue weighted by atomic mass is 32.2. The summed E-state index contributed by atoms with van der Waals surface area (Å²) < 4.78 is 38.6. The molecular weight excluding hydrogens is 291 g/mol. The molecule has 1 aromatic rings. The molecule has 1 saturated heterocycles. The number of rotatable bonds is 1. The number of aryl methyl sites for hydroxylation is 1. The Bertz CT molecular complexity index is 549. The molecule has 1 fully saturated rings. The standard InChI is InChI=1S/C12H12F3N3OS/c1-7-3-2-4-8(12(13,14)15)9(7)17-10(19)18-11-16-5-6-20-11/h2-4H,5-6H2,1H3,(H2,16,17,18,19). The van der Waals surface area contributed by atoms with Crippen LogP contribution in [0.15, 0.2) is 23.2 Å². The van der Waals surface area contributed by atoms with Crippen molar-refractivity contribution in [2.45, 2.75) is 13.1 Å². The maximum Gasteiger partial charge on any atom is 0.418 e. The molecule has 0 spiro atoms. The van der Waals surface area contributed by atoms with E-state index < -0.39 is 17.8 Å². The second-order valence-electron chi connectivity index (χ2n) is 4.12. The average Bonchev–Trinajstić information content (AvgIpc) is 2.83. The molecule has 8 heteroatoms. The zero-order chi connectivity index (χ0) is 14.8. The molecule has 0 bridgehead atoms. The Kier molecular flexibility index (Phi) is 4.22. The van der Waals surface area contributed by atoms with Gasteiger partial charge in [0.15, 0.2) is 5.17 Å². The number of amides is 2. The third kappa shape index (κ3) is 3.44. The van der Waals surface area contributed by atoms with E-state index in [1.54, 1.807) is 0 Å². The molecule has 0 radical (unpaired) electrons. The lowest BCUT2D eigenvalue weighted by atomic mass is 10.1. The summed E-state index contributed by atoms with van der Waals surface area (Å²) in [6.45, 7) is 2.19. The van der Waals surface area contributed by atoms with Gasteiger partial charge >= 0.3 is 12.2 Å². The lowest BCUT2D eigenvalue weighted by Gasteiger charge is -2.15. The fourth-order valence-corrected chi connectivity index (χ4v) is 2.47. The number of nitrogens with one attached hydrogen (secondary N) is 2. The number of carbonyl (C=O) groups is 1. The lowest BCUT2D eigenvalue weighted by molar-refractivity contribution is -0.136. The Balaban J connectivity index is 2.24. The van der Waals surface area contributed by atoms with Crippen LogP contribution in [0.1, 0.15) is 11.1 Å². The molecule has 2 amide bonds. The van der Waals surface area contributed by atoms with Crippen molar-refractivity contribution in [1.29, 1.82) is 0 Å². The number of benzene rings is 1. The number of hydrogen-bond donors (Lipinski definition) is 2. The van der Waals surface area contributed by atoms with Crippen LogP contribution in [0.5, 0.6) is 0 Å². The number of thioether (sulfide) groups is 1. The maximum absolute atomic E-state index is 12.9. The summed E-state index contributed by atoms with van der Waals surface area (Å²) in [6, 6.07) is 2.91. The summed E-state index contributed by atoms with van der Waals surface area (Å²) in [7, 11) is 0. The van der Waals surface area contributed by atoms with E-state index >= 15 is 0 Å². The van der Waals surface area contributed by atoms with E-state index in [4.69, 9.17) is 0 Å². The van der Waals surface area contributed by atoms with Gasteiger partial charge in [-0.25, -0.2) is 4.79 Å². The van der Waals surface area contributed by atoms with Gasteiger partial charge in [-0.05, 0) is 18.6 Å². The normalized spacial score (nSPS) is 17.1. The predicted octanol–water partition coefficient (Wildman–Crippen LogP) is 3.24. The SMILES string of the molecule is Cc1cccc(C(F)(F)F)c1NC(=O)N=C1NCCS1. The number of halogens is 3. The summed E-state index contributed by atoms with van der Waals surface area (Å²) >= 11 is 1.35. The minimum absolute atomic E-state index is 0.252. The number of carbonyl (C=O) groups excluding carboxylic acids is 1. The number of para-hydroxylation sites is 1. The van der Waals surface area contributed by atoms with Crippen LogP contribution < -0.4 is 10.6 Å². The third-order valence-corrected chi connectivity index (χ3v) is 3.55. The molecule has 1 aromatic carbocycles. The highest BCUT2D eigenvalue weighted by Crippen LogP contribution is 2.36. The van der Waals surface area contributed by atoms with Crippen molar-refractivity contribution in [3.63, 3.8) is 0 Å². The van der Waals surface area contributed by atoms with Crippen molar-refractivity contribution in [3.8, 4) is 0 Å². The van der Waals surface area contributed by atoms with Crippen molar-refractivity contribution in [1.82, 2.24) is 5.32 Å². The molecule has 0 saturated carbocycles. The van der Waals surface area contributed by atoms with Crippen LogP contribution in [-0.4, -0.2) is 23.5 Å². The highest BCUT2D eigenvalue weighted by molar-refractivity contribution is 8.14. The van der Waals surface area contributed by atoms with Gasteiger partial charge in [-0.15, -0.1) is 0 Å². The summed E-state index contributed by atoms with van der Waals surface area (Å²) in [5.74, 6) is 0.782. The van der Waals surface area contributed by atoms with Crippen LogP contribution in [0.25, 0.3) is 0 Å². The van der Waals surface area contributed by atoms with E-state index in [-0.39, 0.29) is 5.69 Å². The molecule has 0 atom stereocenters. The summed E-state index contributed by atoms with van der Waals surface area (Å²) in [5, 5.41) is 5.50. The maximum atomic E-state index is 12.9. The molecule has 0 aromatic heterocycles. The minimum Gasteiger partial charge on any atom is -0.364 e. The monoisotopic (exact) mass is 303 g/mol. The van der Waals surface area contributed by atoms with E-state index in [1.165, 1.54) is 30.8 Å². The quantitative estimate of drug-likeness (QED) is 0.837. The zero-order valence-electron chi connectivity index (χ0n) is 10.5. The van der Waals surface area contributed by atoms with Crippen LogP contribution in [0.4, 0.5) is 23.7 Å². The van der Waals surface area contributed by atoms with Crippen LogP contribution in [0, 0.1) is 6.92 Å². The van der Waals surface area contributed by atoms with E-state index in [0.717, 1.165) is 11.8 Å². The van der Waals surface area contributed by atoms with Crippen molar-refractivity contribution in [2.75, 3.05) is 17.6 Å². The first-order chi connectivity index (χ1) is 9.38. The molecule has 108 valence electrons. The number of anilines is 1. The van der Waals surface area contributed by atoms with Crippen molar-refractivity contribution < 1.29 is 18.0 Å². The minimum atomic E-state index is -4.53. The first-order valence-electron chi connectivity index (χ1n) is 5.81. The Labute approximate surface area is 117 Å². The Morgan fingerprint density at radius 1 is 1.45 bits per heavy atom. The number of alkyl halides is 3. The Morgan fingerprint density at radius 2 is 2.20 bits per heavy atom. The van der Waals surface area contributed by atoms with Gasteiger partial charge in [0.05, 0.1) is 11.3 Å². The largest absolute Gasteiger partial charge is 0.418 e. The summed E-state index contributed by atoms with van der Waals surface area (Å²) in [6.07, 6.45) is -4.53. The Morgan fingerprint density at radius 3 is 2.80 bits per heavy atom. The first kappa shape index (κ1) is 14.7. The van der Waals surface area contributed by atoms with E-state index in [9.17, 15) is 18.0 Å². The van der Waals surface area contributed by atoms with Gasteiger partial charge in [0.1, 0.15) is 0 Å². The van der Waals surface area contributed by atoms with E-state index in [0.29, 0.717) is 17.3 Å².